The minimum absolute atomic E-state index is 0.00236. The molecule has 0 radical (unpaired) electrons. The van der Waals surface area contributed by atoms with Gasteiger partial charge in [0.1, 0.15) is 16.7 Å². The number of nitro benzene ring substituents is 1. The lowest BCUT2D eigenvalue weighted by atomic mass is 10.2. The third-order valence-electron chi connectivity index (χ3n) is 2.63. The quantitative estimate of drug-likeness (QED) is 0.682. The molecular formula is C13H9ClF2N2O2. The first-order valence-corrected chi connectivity index (χ1v) is 5.97. The zero-order chi connectivity index (χ0) is 14.7. The van der Waals surface area contributed by atoms with Gasteiger partial charge in [0.05, 0.1) is 4.92 Å². The Kier molecular flexibility index (Phi) is 4.14. The fourth-order valence-corrected chi connectivity index (χ4v) is 1.83. The van der Waals surface area contributed by atoms with Gasteiger partial charge in [-0.3, -0.25) is 10.1 Å². The van der Waals surface area contributed by atoms with Gasteiger partial charge in [-0.25, -0.2) is 8.78 Å². The van der Waals surface area contributed by atoms with E-state index < -0.39 is 16.6 Å². The highest BCUT2D eigenvalue weighted by molar-refractivity contribution is 6.32. The molecule has 20 heavy (non-hydrogen) atoms. The van der Waals surface area contributed by atoms with Crippen LogP contribution < -0.4 is 5.32 Å². The van der Waals surface area contributed by atoms with E-state index in [9.17, 15) is 18.9 Å². The van der Waals surface area contributed by atoms with E-state index in [1.165, 1.54) is 18.2 Å². The number of benzene rings is 2. The lowest BCUT2D eigenvalue weighted by Gasteiger charge is -2.08. The largest absolute Gasteiger partial charge is 0.381 e. The first-order valence-electron chi connectivity index (χ1n) is 5.59. The minimum Gasteiger partial charge on any atom is -0.381 e. The maximum atomic E-state index is 13.4. The molecule has 0 amide bonds. The fourth-order valence-electron chi connectivity index (χ4n) is 1.64. The van der Waals surface area contributed by atoms with Crippen LogP contribution in [0.25, 0.3) is 0 Å². The summed E-state index contributed by atoms with van der Waals surface area (Å²) in [6.45, 7) is 0.00236. The van der Waals surface area contributed by atoms with Crippen LogP contribution in [0.3, 0.4) is 0 Å². The van der Waals surface area contributed by atoms with Gasteiger partial charge >= 0.3 is 0 Å². The third kappa shape index (κ3) is 3.21. The maximum Gasteiger partial charge on any atom is 0.289 e. The van der Waals surface area contributed by atoms with Crippen LogP contribution in [0.15, 0.2) is 36.4 Å². The van der Waals surface area contributed by atoms with Crippen LogP contribution in [-0.4, -0.2) is 4.92 Å². The number of nitrogens with one attached hydrogen (secondary N) is 1. The van der Waals surface area contributed by atoms with E-state index in [0.717, 1.165) is 18.2 Å². The Balaban J connectivity index is 2.17. The molecule has 2 aromatic rings. The van der Waals surface area contributed by atoms with Gasteiger partial charge in [-0.2, -0.15) is 0 Å². The molecule has 0 bridgehead atoms. The average molecular weight is 299 g/mol. The molecule has 2 aromatic carbocycles. The third-order valence-corrected chi connectivity index (χ3v) is 2.95. The molecule has 7 heteroatoms. The van der Waals surface area contributed by atoms with Gasteiger partial charge in [-0.1, -0.05) is 11.6 Å². The molecule has 0 aliphatic rings. The van der Waals surface area contributed by atoms with Crippen LogP contribution in [0.1, 0.15) is 5.56 Å². The highest BCUT2D eigenvalue weighted by Crippen LogP contribution is 2.27. The van der Waals surface area contributed by atoms with Gasteiger partial charge in [-0.05, 0) is 30.3 Å². The number of hydrogen-bond acceptors (Lipinski definition) is 3. The highest BCUT2D eigenvalue weighted by atomic mass is 35.5. The van der Waals surface area contributed by atoms with Crippen molar-refractivity contribution < 1.29 is 13.7 Å². The summed E-state index contributed by atoms with van der Waals surface area (Å²) in [5.74, 6) is -1.10. The van der Waals surface area contributed by atoms with Crippen molar-refractivity contribution in [2.75, 3.05) is 5.32 Å². The van der Waals surface area contributed by atoms with Crippen molar-refractivity contribution in [2.45, 2.75) is 6.54 Å². The predicted octanol–water partition coefficient (Wildman–Crippen LogP) is 4.14. The topological polar surface area (TPSA) is 55.2 Å². The van der Waals surface area contributed by atoms with Gasteiger partial charge in [0.2, 0.25) is 0 Å². The number of rotatable bonds is 4. The van der Waals surface area contributed by atoms with Crippen LogP contribution in [0, 0.1) is 21.7 Å². The molecule has 0 saturated heterocycles. The van der Waals surface area contributed by atoms with Crippen LogP contribution in [0.4, 0.5) is 20.2 Å². The van der Waals surface area contributed by atoms with Crippen molar-refractivity contribution in [3.8, 4) is 0 Å². The van der Waals surface area contributed by atoms with Gasteiger partial charge in [0.15, 0.2) is 0 Å². The molecule has 0 spiro atoms. The Labute approximate surface area is 118 Å². The summed E-state index contributed by atoms with van der Waals surface area (Å²) in [7, 11) is 0. The summed E-state index contributed by atoms with van der Waals surface area (Å²) in [5.41, 5.74) is 0.267. The van der Waals surface area contributed by atoms with Crippen LogP contribution in [0.2, 0.25) is 5.02 Å². The Morgan fingerprint density at radius 1 is 1.20 bits per heavy atom. The second-order valence-corrected chi connectivity index (χ2v) is 4.42. The number of halogens is 3. The molecule has 2 rings (SSSR count). The zero-order valence-corrected chi connectivity index (χ0v) is 10.8. The second-order valence-electron chi connectivity index (χ2n) is 4.01. The standard InChI is InChI=1S/C13H9ClF2N2O2/c14-11-3-2-10(6-13(11)18(19)20)17-7-8-5-9(15)1-4-12(8)16/h1-6,17H,7H2. The molecular weight excluding hydrogens is 290 g/mol. The lowest BCUT2D eigenvalue weighted by Crippen LogP contribution is -2.03. The van der Waals surface area contributed by atoms with Crippen LogP contribution in [-0.2, 0) is 6.54 Å². The van der Waals surface area contributed by atoms with Crippen molar-refractivity contribution >= 4 is 23.0 Å². The van der Waals surface area contributed by atoms with E-state index >= 15 is 0 Å². The van der Waals surface area contributed by atoms with Gasteiger partial charge in [0, 0.05) is 23.9 Å². The number of nitrogens with zero attached hydrogens (tertiary/aromatic N) is 1. The summed E-state index contributed by atoms with van der Waals surface area (Å²) in [5, 5.41) is 13.5. The lowest BCUT2D eigenvalue weighted by molar-refractivity contribution is -0.384. The highest BCUT2D eigenvalue weighted by Gasteiger charge is 2.13. The summed E-state index contributed by atoms with van der Waals surface area (Å²) < 4.78 is 26.4. The Hall–Kier alpha value is -2.21. The smallest absolute Gasteiger partial charge is 0.289 e. The number of anilines is 1. The van der Waals surface area contributed by atoms with Crippen molar-refractivity contribution in [3.05, 3.63) is 68.7 Å². The molecule has 1 N–H and O–H groups in total. The summed E-state index contributed by atoms with van der Waals surface area (Å²) >= 11 is 5.68. The molecule has 0 aliphatic carbocycles. The first kappa shape index (κ1) is 14.2. The van der Waals surface area contributed by atoms with E-state index in [1.54, 1.807) is 0 Å². The molecule has 0 fully saturated rings. The van der Waals surface area contributed by atoms with Gasteiger partial charge < -0.3 is 5.32 Å². The molecule has 0 atom stereocenters. The summed E-state index contributed by atoms with van der Waals surface area (Å²) in [4.78, 5) is 10.1. The molecule has 0 saturated carbocycles. The molecule has 104 valence electrons. The first-order chi connectivity index (χ1) is 9.47. The van der Waals surface area contributed by atoms with E-state index in [2.05, 4.69) is 5.32 Å². The Bertz CT molecular complexity index is 665. The molecule has 0 unspecified atom stereocenters. The van der Waals surface area contributed by atoms with E-state index in [1.807, 2.05) is 0 Å². The fraction of sp³-hybridized carbons (Fsp3) is 0.0769. The SMILES string of the molecule is O=[N+]([O-])c1cc(NCc2cc(F)ccc2F)ccc1Cl. The van der Waals surface area contributed by atoms with Crippen LogP contribution in [0.5, 0.6) is 0 Å². The van der Waals surface area contributed by atoms with Crippen molar-refractivity contribution in [2.24, 2.45) is 0 Å². The average Bonchev–Trinajstić information content (AvgIpc) is 2.41. The molecule has 0 aromatic heterocycles. The van der Waals surface area contributed by atoms with Crippen molar-refractivity contribution in [1.29, 1.82) is 0 Å². The van der Waals surface area contributed by atoms with Crippen LogP contribution >= 0.6 is 11.6 Å². The van der Waals surface area contributed by atoms with E-state index in [-0.39, 0.29) is 22.8 Å². The molecule has 0 aliphatic heterocycles. The Morgan fingerprint density at radius 3 is 2.65 bits per heavy atom. The minimum atomic E-state index is -0.615. The maximum absolute atomic E-state index is 13.4. The van der Waals surface area contributed by atoms with Gasteiger partial charge in [0.25, 0.3) is 5.69 Å². The monoisotopic (exact) mass is 298 g/mol. The molecule has 0 heterocycles. The van der Waals surface area contributed by atoms with Crippen molar-refractivity contribution in [1.82, 2.24) is 0 Å². The number of nitro groups is 1. The Morgan fingerprint density at radius 2 is 1.95 bits per heavy atom. The number of hydrogen-bond donors (Lipinski definition) is 1. The van der Waals surface area contributed by atoms with E-state index in [0.29, 0.717) is 5.69 Å². The second kappa shape index (κ2) is 5.83. The predicted molar refractivity (Wildman–Crippen MR) is 71.8 cm³/mol. The van der Waals surface area contributed by atoms with Crippen molar-refractivity contribution in [3.63, 3.8) is 0 Å². The molecule has 4 nitrogen and oxygen atoms in total. The van der Waals surface area contributed by atoms with E-state index in [4.69, 9.17) is 11.6 Å². The summed E-state index contributed by atoms with van der Waals surface area (Å²) in [6, 6.07) is 7.23. The van der Waals surface area contributed by atoms with Gasteiger partial charge in [-0.15, -0.1) is 0 Å². The summed E-state index contributed by atoms with van der Waals surface area (Å²) in [6.07, 6.45) is 0. The normalized spacial score (nSPS) is 10.3. The zero-order valence-electron chi connectivity index (χ0n) is 10.1.